The summed E-state index contributed by atoms with van der Waals surface area (Å²) in [6.07, 6.45) is 2.08. The monoisotopic (exact) mass is 226 g/mol. The minimum Gasteiger partial charge on any atom is -0.371 e. The van der Waals surface area contributed by atoms with Crippen molar-refractivity contribution in [3.63, 3.8) is 0 Å². The molecule has 0 aliphatic carbocycles. The molecule has 1 aromatic heterocycles. The van der Waals surface area contributed by atoms with Gasteiger partial charge in [0.1, 0.15) is 16.6 Å². The fourth-order valence-electron chi connectivity index (χ4n) is 1.52. The molecule has 0 bridgehead atoms. The maximum Gasteiger partial charge on any atom is 0.137 e. The molecule has 1 rings (SSSR count). The van der Waals surface area contributed by atoms with Gasteiger partial charge in [-0.05, 0) is 26.3 Å². The fourth-order valence-corrected chi connectivity index (χ4v) is 1.79. The summed E-state index contributed by atoms with van der Waals surface area (Å²) in [6.45, 7) is 6.81. The quantitative estimate of drug-likeness (QED) is 0.783. The van der Waals surface area contributed by atoms with Gasteiger partial charge < -0.3 is 9.72 Å². The Bertz CT molecular complexity index is 356. The molecular weight excluding hydrogens is 208 g/mol. The third-order valence-electron chi connectivity index (χ3n) is 2.12. The first-order valence-corrected chi connectivity index (χ1v) is 5.77. The molecule has 0 aliphatic heterocycles. The van der Waals surface area contributed by atoms with E-state index in [1.54, 1.807) is 0 Å². The Morgan fingerprint density at radius 3 is 2.80 bits per heavy atom. The summed E-state index contributed by atoms with van der Waals surface area (Å²) in [5.74, 6) is 0.851. The lowest BCUT2D eigenvalue weighted by atomic mass is 10.2. The second-order valence-corrected chi connectivity index (χ2v) is 3.94. The number of aromatic nitrogens is 2. The van der Waals surface area contributed by atoms with Crippen LogP contribution in [0.1, 0.15) is 44.3 Å². The highest BCUT2D eigenvalue weighted by Gasteiger charge is 2.12. The summed E-state index contributed by atoms with van der Waals surface area (Å²) in [5, 5.41) is 0. The van der Waals surface area contributed by atoms with E-state index >= 15 is 0 Å². The lowest BCUT2D eigenvalue weighted by Gasteiger charge is -2.15. The highest BCUT2D eigenvalue weighted by atomic mass is 32.1. The standard InChI is InChI=1S/C11H18N2OS/c1-4-6-9(14-5-2)11-12-8(3)7-10(15)13-11/h7,9H,4-6H2,1-3H3,(H,12,13,15). The smallest absolute Gasteiger partial charge is 0.137 e. The number of hydrogen-bond acceptors (Lipinski definition) is 3. The van der Waals surface area contributed by atoms with Crippen molar-refractivity contribution in [3.05, 3.63) is 22.2 Å². The molecule has 1 aromatic rings. The van der Waals surface area contributed by atoms with Gasteiger partial charge in [-0.3, -0.25) is 0 Å². The van der Waals surface area contributed by atoms with Crippen LogP contribution in [0.3, 0.4) is 0 Å². The van der Waals surface area contributed by atoms with Crippen LogP contribution in [0.2, 0.25) is 0 Å². The Labute approximate surface area is 95.9 Å². The zero-order chi connectivity index (χ0) is 11.3. The molecule has 0 amide bonds. The van der Waals surface area contributed by atoms with Gasteiger partial charge in [-0.25, -0.2) is 4.98 Å². The molecule has 0 saturated heterocycles. The molecule has 0 radical (unpaired) electrons. The summed E-state index contributed by atoms with van der Waals surface area (Å²) >= 11 is 5.09. The minimum atomic E-state index is 0.0431. The van der Waals surface area contributed by atoms with E-state index in [1.165, 1.54) is 0 Å². The van der Waals surface area contributed by atoms with Crippen LogP contribution in [0.4, 0.5) is 0 Å². The number of hydrogen-bond donors (Lipinski definition) is 1. The van der Waals surface area contributed by atoms with Crippen LogP contribution in [0.15, 0.2) is 6.07 Å². The zero-order valence-electron chi connectivity index (χ0n) is 9.54. The van der Waals surface area contributed by atoms with Crippen LogP contribution < -0.4 is 0 Å². The molecule has 84 valence electrons. The summed E-state index contributed by atoms with van der Waals surface area (Å²) in [5.41, 5.74) is 1.03. The molecule has 0 saturated carbocycles. The molecule has 0 fully saturated rings. The molecule has 0 spiro atoms. The SMILES string of the molecule is CCCC(OCC)c1nc(=S)cc(C)[nH]1. The Balaban J connectivity index is 2.93. The maximum atomic E-state index is 5.64. The van der Waals surface area contributed by atoms with E-state index in [0.717, 1.165) is 24.4 Å². The lowest BCUT2D eigenvalue weighted by molar-refractivity contribution is 0.0492. The van der Waals surface area contributed by atoms with Crippen molar-refractivity contribution in [2.24, 2.45) is 0 Å². The number of aromatic amines is 1. The Morgan fingerprint density at radius 1 is 1.53 bits per heavy atom. The highest BCUT2D eigenvalue weighted by Crippen LogP contribution is 2.19. The van der Waals surface area contributed by atoms with Gasteiger partial charge in [-0.1, -0.05) is 25.6 Å². The first kappa shape index (κ1) is 12.3. The third kappa shape index (κ3) is 3.72. The van der Waals surface area contributed by atoms with Gasteiger partial charge in [-0.15, -0.1) is 0 Å². The van der Waals surface area contributed by atoms with Gasteiger partial charge in [0, 0.05) is 12.3 Å². The van der Waals surface area contributed by atoms with E-state index < -0.39 is 0 Å². The van der Waals surface area contributed by atoms with Gasteiger partial charge in [0.15, 0.2) is 0 Å². The molecule has 0 aliphatic rings. The van der Waals surface area contributed by atoms with Crippen LogP contribution in [0, 0.1) is 11.6 Å². The predicted molar refractivity (Wildman–Crippen MR) is 63.4 cm³/mol. The van der Waals surface area contributed by atoms with Crippen molar-refractivity contribution >= 4 is 12.2 Å². The topological polar surface area (TPSA) is 37.9 Å². The molecule has 1 atom stereocenters. The minimum absolute atomic E-state index is 0.0431. The van der Waals surface area contributed by atoms with Crippen LogP contribution in [-0.2, 0) is 4.74 Å². The van der Waals surface area contributed by atoms with Gasteiger partial charge in [0.2, 0.25) is 0 Å². The number of nitrogens with zero attached hydrogens (tertiary/aromatic N) is 1. The summed E-state index contributed by atoms with van der Waals surface area (Å²) in [7, 11) is 0. The number of rotatable bonds is 5. The molecule has 1 unspecified atom stereocenters. The van der Waals surface area contributed by atoms with E-state index in [0.29, 0.717) is 11.2 Å². The van der Waals surface area contributed by atoms with Crippen molar-refractivity contribution in [1.82, 2.24) is 9.97 Å². The van der Waals surface area contributed by atoms with E-state index in [2.05, 4.69) is 16.9 Å². The highest BCUT2D eigenvalue weighted by molar-refractivity contribution is 7.71. The van der Waals surface area contributed by atoms with Crippen molar-refractivity contribution < 1.29 is 4.74 Å². The van der Waals surface area contributed by atoms with E-state index in [4.69, 9.17) is 17.0 Å². The first-order valence-electron chi connectivity index (χ1n) is 5.36. The van der Waals surface area contributed by atoms with E-state index in [-0.39, 0.29) is 6.10 Å². The molecule has 4 heteroatoms. The van der Waals surface area contributed by atoms with Gasteiger partial charge in [-0.2, -0.15) is 0 Å². The number of ether oxygens (including phenoxy) is 1. The van der Waals surface area contributed by atoms with Crippen LogP contribution in [-0.4, -0.2) is 16.6 Å². The average molecular weight is 226 g/mol. The predicted octanol–water partition coefficient (Wildman–Crippen LogP) is 3.33. The molecule has 1 N–H and O–H groups in total. The Morgan fingerprint density at radius 2 is 2.27 bits per heavy atom. The van der Waals surface area contributed by atoms with Crippen LogP contribution in [0.5, 0.6) is 0 Å². The molecule has 3 nitrogen and oxygen atoms in total. The van der Waals surface area contributed by atoms with Crippen molar-refractivity contribution in [2.75, 3.05) is 6.61 Å². The van der Waals surface area contributed by atoms with E-state index in [1.807, 2.05) is 19.9 Å². The first-order chi connectivity index (χ1) is 7.17. The largest absolute Gasteiger partial charge is 0.371 e. The summed E-state index contributed by atoms with van der Waals surface area (Å²) in [6, 6.07) is 1.85. The van der Waals surface area contributed by atoms with Gasteiger partial charge in [0.25, 0.3) is 0 Å². The molecule has 0 aromatic carbocycles. The van der Waals surface area contributed by atoms with Crippen molar-refractivity contribution in [3.8, 4) is 0 Å². The van der Waals surface area contributed by atoms with Crippen LogP contribution in [0.25, 0.3) is 0 Å². The second-order valence-electron chi connectivity index (χ2n) is 3.52. The second kappa shape index (κ2) is 5.98. The Kier molecular flexibility index (Phi) is 4.91. The molecular formula is C11H18N2OS. The number of nitrogens with one attached hydrogen (secondary N) is 1. The molecule has 15 heavy (non-hydrogen) atoms. The maximum absolute atomic E-state index is 5.64. The summed E-state index contributed by atoms with van der Waals surface area (Å²) < 4.78 is 6.27. The Hall–Kier alpha value is -0.740. The zero-order valence-corrected chi connectivity index (χ0v) is 10.4. The fraction of sp³-hybridized carbons (Fsp3) is 0.636. The van der Waals surface area contributed by atoms with Gasteiger partial charge >= 0.3 is 0 Å². The van der Waals surface area contributed by atoms with E-state index in [9.17, 15) is 0 Å². The number of H-pyrrole nitrogens is 1. The third-order valence-corrected chi connectivity index (χ3v) is 2.33. The van der Waals surface area contributed by atoms with Crippen molar-refractivity contribution in [1.29, 1.82) is 0 Å². The van der Waals surface area contributed by atoms with Crippen molar-refractivity contribution in [2.45, 2.75) is 39.7 Å². The average Bonchev–Trinajstić information content (AvgIpc) is 2.16. The molecule has 1 heterocycles. The summed E-state index contributed by atoms with van der Waals surface area (Å²) in [4.78, 5) is 7.52. The number of aryl methyl sites for hydroxylation is 1. The normalized spacial score (nSPS) is 12.7. The lowest BCUT2D eigenvalue weighted by Crippen LogP contribution is -2.09. The van der Waals surface area contributed by atoms with Crippen LogP contribution >= 0.6 is 12.2 Å². The van der Waals surface area contributed by atoms with Gasteiger partial charge in [0.05, 0.1) is 0 Å².